The van der Waals surface area contributed by atoms with Gasteiger partial charge in [-0.1, -0.05) is 25.1 Å². The summed E-state index contributed by atoms with van der Waals surface area (Å²) in [6.07, 6.45) is 10.1. The van der Waals surface area contributed by atoms with E-state index in [2.05, 4.69) is 47.4 Å². The van der Waals surface area contributed by atoms with Crippen molar-refractivity contribution in [3.05, 3.63) is 42.1 Å². The topological polar surface area (TPSA) is 24.9 Å². The van der Waals surface area contributed by atoms with Crippen molar-refractivity contribution in [3.63, 3.8) is 0 Å². The molecule has 1 unspecified atom stereocenters. The third-order valence-corrected chi connectivity index (χ3v) is 3.27. The number of hydrogen-bond acceptors (Lipinski definition) is 2. The quantitative estimate of drug-likeness (QED) is 0.793. The Labute approximate surface area is 115 Å². The second-order valence-corrected chi connectivity index (χ2v) is 4.67. The van der Waals surface area contributed by atoms with Gasteiger partial charge < -0.3 is 5.32 Å². The van der Waals surface area contributed by atoms with Crippen LogP contribution < -0.4 is 5.32 Å². The maximum Gasteiger partial charge on any atom is 0.0705 e. The standard InChI is InChI=1S/C17H20N2/c1-3-5-10-16(18-12-4-2)14-8-6-11-17-15(14)9-7-13-19-17/h1,6-9,11,13,16,18H,4-5,10,12H2,2H3. The maximum absolute atomic E-state index is 5.41. The summed E-state index contributed by atoms with van der Waals surface area (Å²) in [6, 6.07) is 10.7. The van der Waals surface area contributed by atoms with Crippen molar-refractivity contribution >= 4 is 10.9 Å². The second kappa shape index (κ2) is 6.92. The number of hydrogen-bond donors (Lipinski definition) is 1. The zero-order valence-electron chi connectivity index (χ0n) is 11.4. The molecule has 2 aromatic rings. The van der Waals surface area contributed by atoms with Crippen LogP contribution in [0.15, 0.2) is 36.5 Å². The normalized spacial score (nSPS) is 12.2. The van der Waals surface area contributed by atoms with Crippen LogP contribution in [0.3, 0.4) is 0 Å². The van der Waals surface area contributed by atoms with E-state index in [0.29, 0.717) is 6.04 Å². The predicted molar refractivity (Wildman–Crippen MR) is 80.8 cm³/mol. The summed E-state index contributed by atoms with van der Waals surface area (Å²) >= 11 is 0. The van der Waals surface area contributed by atoms with Gasteiger partial charge in [0.25, 0.3) is 0 Å². The van der Waals surface area contributed by atoms with E-state index in [1.54, 1.807) is 0 Å². The van der Waals surface area contributed by atoms with Gasteiger partial charge in [0.2, 0.25) is 0 Å². The molecule has 0 spiro atoms. The van der Waals surface area contributed by atoms with E-state index in [-0.39, 0.29) is 0 Å². The SMILES string of the molecule is C#CCCC(NCCC)c1cccc2ncccc12. The number of nitrogens with one attached hydrogen (secondary N) is 1. The molecule has 98 valence electrons. The van der Waals surface area contributed by atoms with Crippen LogP contribution in [0.4, 0.5) is 0 Å². The zero-order valence-corrected chi connectivity index (χ0v) is 11.4. The van der Waals surface area contributed by atoms with Gasteiger partial charge in [0.15, 0.2) is 0 Å². The van der Waals surface area contributed by atoms with E-state index in [0.717, 1.165) is 31.3 Å². The molecule has 1 aromatic carbocycles. The monoisotopic (exact) mass is 252 g/mol. The Morgan fingerprint density at radius 2 is 2.21 bits per heavy atom. The lowest BCUT2D eigenvalue weighted by atomic mass is 9.97. The Hall–Kier alpha value is -1.85. The number of fused-ring (bicyclic) bond motifs is 1. The second-order valence-electron chi connectivity index (χ2n) is 4.67. The largest absolute Gasteiger partial charge is 0.310 e. The molecule has 0 fully saturated rings. The number of benzene rings is 1. The Bertz CT molecular complexity index is 563. The highest BCUT2D eigenvalue weighted by Crippen LogP contribution is 2.26. The molecule has 0 radical (unpaired) electrons. The van der Waals surface area contributed by atoms with Crippen molar-refractivity contribution in [1.82, 2.24) is 10.3 Å². The summed E-state index contributed by atoms with van der Waals surface area (Å²) in [4.78, 5) is 4.42. The molecule has 2 heteroatoms. The molecule has 0 saturated carbocycles. The van der Waals surface area contributed by atoms with E-state index < -0.39 is 0 Å². The fraction of sp³-hybridized carbons (Fsp3) is 0.353. The molecule has 1 atom stereocenters. The van der Waals surface area contributed by atoms with Crippen LogP contribution in [-0.4, -0.2) is 11.5 Å². The molecule has 0 aliphatic heterocycles. The van der Waals surface area contributed by atoms with Gasteiger partial charge in [0.05, 0.1) is 5.52 Å². The highest BCUT2D eigenvalue weighted by atomic mass is 14.9. The van der Waals surface area contributed by atoms with Gasteiger partial charge in [0, 0.05) is 24.0 Å². The third kappa shape index (κ3) is 3.33. The van der Waals surface area contributed by atoms with Crippen LogP contribution in [0.2, 0.25) is 0 Å². The molecular weight excluding hydrogens is 232 g/mol. The Kier molecular flexibility index (Phi) is 4.94. The minimum absolute atomic E-state index is 0.309. The van der Waals surface area contributed by atoms with Crippen LogP contribution in [-0.2, 0) is 0 Å². The van der Waals surface area contributed by atoms with Crippen LogP contribution in [0.1, 0.15) is 37.8 Å². The molecule has 1 N–H and O–H groups in total. The number of terminal acetylenes is 1. The Balaban J connectivity index is 2.34. The van der Waals surface area contributed by atoms with Crippen molar-refractivity contribution in [2.75, 3.05) is 6.54 Å². The summed E-state index contributed by atoms with van der Waals surface area (Å²) < 4.78 is 0. The number of pyridine rings is 1. The van der Waals surface area contributed by atoms with E-state index in [4.69, 9.17) is 6.42 Å². The molecule has 0 bridgehead atoms. The maximum atomic E-state index is 5.41. The van der Waals surface area contributed by atoms with Gasteiger partial charge in [-0.05, 0) is 37.1 Å². The van der Waals surface area contributed by atoms with E-state index in [1.165, 1.54) is 10.9 Å². The molecule has 0 aliphatic carbocycles. The van der Waals surface area contributed by atoms with Gasteiger partial charge >= 0.3 is 0 Å². The van der Waals surface area contributed by atoms with Crippen LogP contribution in [0.25, 0.3) is 10.9 Å². The molecule has 0 aliphatic rings. The molecular formula is C17H20N2. The van der Waals surface area contributed by atoms with Gasteiger partial charge in [-0.15, -0.1) is 12.3 Å². The van der Waals surface area contributed by atoms with Crippen molar-refractivity contribution in [1.29, 1.82) is 0 Å². The number of aromatic nitrogens is 1. The van der Waals surface area contributed by atoms with Crippen LogP contribution in [0.5, 0.6) is 0 Å². The molecule has 2 rings (SSSR count). The van der Waals surface area contributed by atoms with Crippen molar-refractivity contribution in [3.8, 4) is 12.3 Å². The highest BCUT2D eigenvalue weighted by molar-refractivity contribution is 5.82. The molecule has 19 heavy (non-hydrogen) atoms. The fourth-order valence-electron chi connectivity index (χ4n) is 2.34. The lowest BCUT2D eigenvalue weighted by Crippen LogP contribution is -2.22. The highest BCUT2D eigenvalue weighted by Gasteiger charge is 2.13. The number of rotatable bonds is 6. The summed E-state index contributed by atoms with van der Waals surface area (Å²) in [7, 11) is 0. The summed E-state index contributed by atoms with van der Waals surface area (Å²) in [5.41, 5.74) is 2.35. The van der Waals surface area contributed by atoms with Crippen LogP contribution in [0, 0.1) is 12.3 Å². The van der Waals surface area contributed by atoms with Gasteiger partial charge in [0.1, 0.15) is 0 Å². The summed E-state index contributed by atoms with van der Waals surface area (Å²) in [5.74, 6) is 2.74. The average molecular weight is 252 g/mol. The Morgan fingerprint density at radius 3 is 3.00 bits per heavy atom. The first-order chi connectivity index (χ1) is 9.36. The average Bonchev–Trinajstić information content (AvgIpc) is 2.47. The van der Waals surface area contributed by atoms with Crippen molar-refractivity contribution < 1.29 is 0 Å². The van der Waals surface area contributed by atoms with Gasteiger partial charge in [-0.2, -0.15) is 0 Å². The fourth-order valence-corrected chi connectivity index (χ4v) is 2.34. The smallest absolute Gasteiger partial charge is 0.0705 e. The van der Waals surface area contributed by atoms with Crippen molar-refractivity contribution in [2.45, 2.75) is 32.2 Å². The summed E-state index contributed by atoms with van der Waals surface area (Å²) in [5, 5.41) is 4.81. The first-order valence-corrected chi connectivity index (χ1v) is 6.87. The molecule has 1 aromatic heterocycles. The van der Waals surface area contributed by atoms with Gasteiger partial charge in [-0.3, -0.25) is 4.98 Å². The third-order valence-electron chi connectivity index (χ3n) is 3.27. The lowest BCUT2D eigenvalue weighted by molar-refractivity contribution is 0.508. The van der Waals surface area contributed by atoms with Gasteiger partial charge in [-0.25, -0.2) is 0 Å². The predicted octanol–water partition coefficient (Wildman–Crippen LogP) is 3.69. The van der Waals surface area contributed by atoms with E-state index >= 15 is 0 Å². The molecule has 1 heterocycles. The lowest BCUT2D eigenvalue weighted by Gasteiger charge is -2.19. The number of nitrogens with zero attached hydrogens (tertiary/aromatic N) is 1. The molecule has 0 amide bonds. The summed E-state index contributed by atoms with van der Waals surface area (Å²) in [6.45, 7) is 3.18. The zero-order chi connectivity index (χ0) is 13.5. The first-order valence-electron chi connectivity index (χ1n) is 6.87. The minimum Gasteiger partial charge on any atom is -0.310 e. The Morgan fingerprint density at radius 1 is 1.32 bits per heavy atom. The first kappa shape index (κ1) is 13.6. The minimum atomic E-state index is 0.309. The van der Waals surface area contributed by atoms with Crippen LogP contribution >= 0.6 is 0 Å². The van der Waals surface area contributed by atoms with E-state index in [9.17, 15) is 0 Å². The molecule has 0 saturated heterocycles. The van der Waals surface area contributed by atoms with E-state index in [1.807, 2.05) is 12.3 Å². The molecule has 2 nitrogen and oxygen atoms in total. The van der Waals surface area contributed by atoms with Crippen molar-refractivity contribution in [2.24, 2.45) is 0 Å².